The number of anilines is 1. The molecule has 0 spiro atoms. The minimum atomic E-state index is -0.475. The number of amides is 2. The van der Waals surface area contributed by atoms with E-state index in [1.165, 1.54) is 32.1 Å². The Hall–Kier alpha value is -1.88. The number of benzene rings is 1. The molecule has 1 unspecified atom stereocenters. The standard InChI is InChI=1S/C19H29N3O2/c1-13(2)21-18(23)15-8-10-16(11-9-15)22-19(24)17(20)12-14-6-4-3-5-7-14/h8-11,13-14,17H,3-7,12,20H2,1-2H3,(H,21,23)(H,22,24). The van der Waals surface area contributed by atoms with Gasteiger partial charge in [0.2, 0.25) is 5.91 Å². The first-order chi connectivity index (χ1) is 11.5. The molecule has 1 aliphatic carbocycles. The number of hydrogen-bond donors (Lipinski definition) is 3. The fourth-order valence-corrected chi connectivity index (χ4v) is 3.17. The van der Waals surface area contributed by atoms with Crippen LogP contribution in [-0.4, -0.2) is 23.9 Å². The van der Waals surface area contributed by atoms with Gasteiger partial charge in [0.1, 0.15) is 0 Å². The highest BCUT2D eigenvalue weighted by Crippen LogP contribution is 2.27. The Balaban J connectivity index is 1.85. The molecular formula is C19H29N3O2. The quantitative estimate of drug-likeness (QED) is 0.749. The third-order valence-electron chi connectivity index (χ3n) is 4.48. The highest BCUT2D eigenvalue weighted by atomic mass is 16.2. The Labute approximate surface area is 144 Å². The number of carbonyl (C=O) groups is 2. The van der Waals surface area contributed by atoms with Crippen LogP contribution in [0.3, 0.4) is 0 Å². The van der Waals surface area contributed by atoms with Crippen molar-refractivity contribution in [3.8, 4) is 0 Å². The molecule has 132 valence electrons. The summed E-state index contributed by atoms with van der Waals surface area (Å²) in [6, 6.07) is 6.51. The van der Waals surface area contributed by atoms with Crippen LogP contribution in [0.15, 0.2) is 24.3 Å². The van der Waals surface area contributed by atoms with Gasteiger partial charge in [0.15, 0.2) is 0 Å². The van der Waals surface area contributed by atoms with Crippen LogP contribution in [0.5, 0.6) is 0 Å². The van der Waals surface area contributed by atoms with Gasteiger partial charge in [-0.1, -0.05) is 32.1 Å². The first kappa shape index (κ1) is 18.5. The van der Waals surface area contributed by atoms with Gasteiger partial charge in [-0.3, -0.25) is 9.59 Å². The number of hydrogen-bond acceptors (Lipinski definition) is 3. The van der Waals surface area contributed by atoms with Gasteiger partial charge < -0.3 is 16.4 Å². The van der Waals surface area contributed by atoms with E-state index in [9.17, 15) is 9.59 Å². The highest BCUT2D eigenvalue weighted by Gasteiger charge is 2.21. The third-order valence-corrected chi connectivity index (χ3v) is 4.48. The van der Waals surface area contributed by atoms with Crippen molar-refractivity contribution < 1.29 is 9.59 Å². The summed E-state index contributed by atoms with van der Waals surface area (Å²) in [5, 5.41) is 5.68. The van der Waals surface area contributed by atoms with E-state index in [0.29, 0.717) is 17.2 Å². The molecular weight excluding hydrogens is 302 g/mol. The number of rotatable bonds is 6. The molecule has 0 aliphatic heterocycles. The van der Waals surface area contributed by atoms with Crippen LogP contribution in [-0.2, 0) is 4.79 Å². The molecule has 1 aromatic carbocycles. The maximum absolute atomic E-state index is 12.2. The van der Waals surface area contributed by atoms with Crippen molar-refractivity contribution in [3.05, 3.63) is 29.8 Å². The largest absolute Gasteiger partial charge is 0.350 e. The second-order valence-electron chi connectivity index (χ2n) is 7.04. The lowest BCUT2D eigenvalue weighted by atomic mass is 9.85. The van der Waals surface area contributed by atoms with E-state index >= 15 is 0 Å². The fourth-order valence-electron chi connectivity index (χ4n) is 3.17. The van der Waals surface area contributed by atoms with Gasteiger partial charge >= 0.3 is 0 Å². The summed E-state index contributed by atoms with van der Waals surface area (Å²) in [5.74, 6) is 0.304. The number of nitrogens with one attached hydrogen (secondary N) is 2. The van der Waals surface area contributed by atoms with Crippen molar-refractivity contribution in [1.82, 2.24) is 5.32 Å². The van der Waals surface area contributed by atoms with E-state index in [1.807, 2.05) is 13.8 Å². The Bertz CT molecular complexity index is 548. The summed E-state index contributed by atoms with van der Waals surface area (Å²) < 4.78 is 0. The summed E-state index contributed by atoms with van der Waals surface area (Å²) in [5.41, 5.74) is 7.30. The van der Waals surface area contributed by atoms with E-state index < -0.39 is 6.04 Å². The Morgan fingerprint density at radius 1 is 1.12 bits per heavy atom. The van der Waals surface area contributed by atoms with Crippen LogP contribution in [0, 0.1) is 5.92 Å². The molecule has 2 rings (SSSR count). The molecule has 2 amide bonds. The number of carbonyl (C=O) groups excluding carboxylic acids is 2. The zero-order valence-corrected chi connectivity index (χ0v) is 14.7. The van der Waals surface area contributed by atoms with Gasteiger partial charge in [0.25, 0.3) is 5.91 Å². The zero-order valence-electron chi connectivity index (χ0n) is 14.7. The topological polar surface area (TPSA) is 84.2 Å². The zero-order chi connectivity index (χ0) is 17.5. The van der Waals surface area contributed by atoms with Crippen molar-refractivity contribution in [1.29, 1.82) is 0 Å². The predicted molar refractivity (Wildman–Crippen MR) is 96.8 cm³/mol. The lowest BCUT2D eigenvalue weighted by Gasteiger charge is -2.24. The van der Waals surface area contributed by atoms with Crippen molar-refractivity contribution in [2.45, 2.75) is 64.5 Å². The molecule has 1 fully saturated rings. The van der Waals surface area contributed by atoms with Crippen molar-refractivity contribution in [2.24, 2.45) is 11.7 Å². The van der Waals surface area contributed by atoms with Crippen molar-refractivity contribution >= 4 is 17.5 Å². The second-order valence-corrected chi connectivity index (χ2v) is 7.04. The van der Waals surface area contributed by atoms with Crippen LogP contribution in [0.25, 0.3) is 0 Å². The first-order valence-corrected chi connectivity index (χ1v) is 8.93. The number of nitrogens with two attached hydrogens (primary N) is 1. The van der Waals surface area contributed by atoms with Crippen LogP contribution in [0.2, 0.25) is 0 Å². The molecule has 0 saturated heterocycles. The fraction of sp³-hybridized carbons (Fsp3) is 0.579. The molecule has 24 heavy (non-hydrogen) atoms. The molecule has 1 aromatic rings. The molecule has 5 heteroatoms. The normalized spacial score (nSPS) is 16.7. The van der Waals surface area contributed by atoms with E-state index in [0.717, 1.165) is 6.42 Å². The summed E-state index contributed by atoms with van der Waals surface area (Å²) >= 11 is 0. The second kappa shape index (κ2) is 8.83. The molecule has 0 radical (unpaired) electrons. The highest BCUT2D eigenvalue weighted by molar-refractivity contribution is 5.97. The third kappa shape index (κ3) is 5.64. The lowest BCUT2D eigenvalue weighted by Crippen LogP contribution is -2.37. The van der Waals surface area contributed by atoms with Gasteiger partial charge in [-0.15, -0.1) is 0 Å². The Morgan fingerprint density at radius 2 is 1.75 bits per heavy atom. The van der Waals surface area contributed by atoms with Crippen molar-refractivity contribution in [2.75, 3.05) is 5.32 Å². The maximum Gasteiger partial charge on any atom is 0.251 e. The molecule has 1 aliphatic rings. The molecule has 1 atom stereocenters. The average molecular weight is 331 g/mol. The molecule has 0 aromatic heterocycles. The minimum Gasteiger partial charge on any atom is -0.350 e. The molecule has 4 N–H and O–H groups in total. The van der Waals surface area contributed by atoms with Gasteiger partial charge in [0.05, 0.1) is 6.04 Å². The van der Waals surface area contributed by atoms with E-state index in [2.05, 4.69) is 10.6 Å². The molecule has 0 bridgehead atoms. The smallest absolute Gasteiger partial charge is 0.251 e. The molecule has 5 nitrogen and oxygen atoms in total. The molecule has 0 heterocycles. The monoisotopic (exact) mass is 331 g/mol. The molecule has 1 saturated carbocycles. The van der Waals surface area contributed by atoms with E-state index in [4.69, 9.17) is 5.73 Å². The van der Waals surface area contributed by atoms with Crippen molar-refractivity contribution in [3.63, 3.8) is 0 Å². The summed E-state index contributed by atoms with van der Waals surface area (Å²) in [7, 11) is 0. The Morgan fingerprint density at radius 3 is 2.33 bits per heavy atom. The van der Waals surface area contributed by atoms with E-state index in [-0.39, 0.29) is 17.9 Å². The van der Waals surface area contributed by atoms with Gasteiger partial charge in [0, 0.05) is 17.3 Å². The van der Waals surface area contributed by atoms with Crippen LogP contribution < -0.4 is 16.4 Å². The van der Waals surface area contributed by atoms with Gasteiger partial charge in [-0.25, -0.2) is 0 Å². The predicted octanol–water partition coefficient (Wildman–Crippen LogP) is 3.06. The Kier molecular flexibility index (Phi) is 6.79. The summed E-state index contributed by atoms with van der Waals surface area (Å²) in [6.07, 6.45) is 6.91. The van der Waals surface area contributed by atoms with Crippen LogP contribution >= 0.6 is 0 Å². The lowest BCUT2D eigenvalue weighted by molar-refractivity contribution is -0.117. The first-order valence-electron chi connectivity index (χ1n) is 8.93. The van der Waals surface area contributed by atoms with Gasteiger partial charge in [-0.2, -0.15) is 0 Å². The minimum absolute atomic E-state index is 0.0923. The summed E-state index contributed by atoms with van der Waals surface area (Å²) in [6.45, 7) is 3.83. The average Bonchev–Trinajstić information content (AvgIpc) is 2.55. The van der Waals surface area contributed by atoms with Crippen LogP contribution in [0.1, 0.15) is 62.7 Å². The van der Waals surface area contributed by atoms with Crippen LogP contribution in [0.4, 0.5) is 5.69 Å². The summed E-state index contributed by atoms with van der Waals surface area (Å²) in [4.78, 5) is 24.1. The SMILES string of the molecule is CC(C)NC(=O)c1ccc(NC(=O)C(N)CC2CCCCC2)cc1. The van der Waals surface area contributed by atoms with Gasteiger partial charge in [-0.05, 0) is 50.5 Å². The van der Waals surface area contributed by atoms with E-state index in [1.54, 1.807) is 24.3 Å². The maximum atomic E-state index is 12.2.